The van der Waals surface area contributed by atoms with Gasteiger partial charge in [0.25, 0.3) is 0 Å². The van der Waals surface area contributed by atoms with Crippen LogP contribution in [0, 0.1) is 4.77 Å². The van der Waals surface area contributed by atoms with Crippen LogP contribution < -0.4 is 0 Å². The summed E-state index contributed by atoms with van der Waals surface area (Å²) in [4.78, 5) is 5.05. The number of aromatic amines is 1. The van der Waals surface area contributed by atoms with Gasteiger partial charge in [-0.1, -0.05) is 0 Å². The molecular formula is C9H17N3OS. The van der Waals surface area contributed by atoms with Gasteiger partial charge < -0.3 is 19.6 Å². The van der Waals surface area contributed by atoms with Crippen molar-refractivity contribution in [2.24, 2.45) is 0 Å². The summed E-state index contributed by atoms with van der Waals surface area (Å²) in [7, 11) is 4.05. The number of H-pyrrole nitrogens is 1. The molecule has 0 fully saturated rings. The molecule has 4 nitrogen and oxygen atoms in total. The smallest absolute Gasteiger partial charge is 0.177 e. The minimum absolute atomic E-state index is 0.0211. The van der Waals surface area contributed by atoms with E-state index in [1.165, 1.54) is 0 Å². The SMILES string of the molecule is CC(Cn1c(CO)c[nH]c1=S)N(C)C. The molecule has 0 aromatic carbocycles. The number of aromatic nitrogens is 2. The van der Waals surface area contributed by atoms with Crippen molar-refractivity contribution >= 4 is 12.2 Å². The lowest BCUT2D eigenvalue weighted by Crippen LogP contribution is -2.29. The van der Waals surface area contributed by atoms with Crippen LogP contribution in [0.1, 0.15) is 12.6 Å². The van der Waals surface area contributed by atoms with Gasteiger partial charge >= 0.3 is 0 Å². The van der Waals surface area contributed by atoms with Crippen LogP contribution in [-0.4, -0.2) is 39.7 Å². The van der Waals surface area contributed by atoms with E-state index in [1.807, 2.05) is 18.7 Å². The first kappa shape index (κ1) is 11.4. The molecule has 0 saturated carbocycles. The molecule has 2 N–H and O–H groups in total. The van der Waals surface area contributed by atoms with Gasteiger partial charge in [0.2, 0.25) is 0 Å². The number of hydrogen-bond donors (Lipinski definition) is 2. The zero-order valence-electron chi connectivity index (χ0n) is 8.82. The molecule has 80 valence electrons. The lowest BCUT2D eigenvalue weighted by molar-refractivity contribution is 0.251. The highest BCUT2D eigenvalue weighted by molar-refractivity contribution is 7.71. The van der Waals surface area contributed by atoms with Crippen molar-refractivity contribution in [1.29, 1.82) is 0 Å². The summed E-state index contributed by atoms with van der Waals surface area (Å²) in [6, 6.07) is 0.391. The van der Waals surface area contributed by atoms with E-state index in [4.69, 9.17) is 17.3 Å². The summed E-state index contributed by atoms with van der Waals surface area (Å²) < 4.78 is 2.60. The van der Waals surface area contributed by atoms with Crippen molar-refractivity contribution in [3.63, 3.8) is 0 Å². The van der Waals surface area contributed by atoms with Crippen LogP contribution in [0.3, 0.4) is 0 Å². The molecule has 0 aliphatic heterocycles. The Kier molecular flexibility index (Phi) is 3.86. The second-order valence-electron chi connectivity index (χ2n) is 3.67. The van der Waals surface area contributed by atoms with Crippen molar-refractivity contribution in [3.05, 3.63) is 16.7 Å². The van der Waals surface area contributed by atoms with Gasteiger partial charge in [0, 0.05) is 18.8 Å². The fraction of sp³-hybridized carbons (Fsp3) is 0.667. The van der Waals surface area contributed by atoms with Crippen molar-refractivity contribution in [1.82, 2.24) is 14.5 Å². The minimum atomic E-state index is 0.0211. The van der Waals surface area contributed by atoms with Gasteiger partial charge in [0.05, 0.1) is 12.3 Å². The van der Waals surface area contributed by atoms with E-state index in [2.05, 4.69) is 16.8 Å². The highest BCUT2D eigenvalue weighted by Crippen LogP contribution is 2.05. The van der Waals surface area contributed by atoms with E-state index in [0.717, 1.165) is 12.2 Å². The number of imidazole rings is 1. The van der Waals surface area contributed by atoms with E-state index in [1.54, 1.807) is 6.20 Å². The van der Waals surface area contributed by atoms with Crippen LogP contribution >= 0.6 is 12.2 Å². The minimum Gasteiger partial charge on any atom is -0.390 e. The molecule has 0 spiro atoms. The zero-order chi connectivity index (χ0) is 10.7. The Balaban J connectivity index is 2.84. The van der Waals surface area contributed by atoms with E-state index >= 15 is 0 Å². The predicted octanol–water partition coefficient (Wildman–Crippen LogP) is 0.988. The molecule has 0 bridgehead atoms. The quantitative estimate of drug-likeness (QED) is 0.736. The molecule has 0 radical (unpaired) electrons. The Morgan fingerprint density at radius 2 is 2.29 bits per heavy atom. The molecular weight excluding hydrogens is 198 g/mol. The Morgan fingerprint density at radius 1 is 1.64 bits per heavy atom. The summed E-state index contributed by atoms with van der Waals surface area (Å²) in [6.07, 6.45) is 1.75. The summed E-state index contributed by atoms with van der Waals surface area (Å²) in [5, 5.41) is 9.08. The molecule has 1 heterocycles. The molecule has 1 aromatic rings. The van der Waals surface area contributed by atoms with Gasteiger partial charge in [-0.15, -0.1) is 0 Å². The van der Waals surface area contributed by atoms with Crippen LogP contribution in [0.2, 0.25) is 0 Å². The predicted molar refractivity (Wildman–Crippen MR) is 58.7 cm³/mol. The lowest BCUT2D eigenvalue weighted by atomic mass is 10.3. The Bertz CT molecular complexity index is 342. The number of aliphatic hydroxyl groups is 1. The largest absolute Gasteiger partial charge is 0.390 e. The number of hydrogen-bond acceptors (Lipinski definition) is 3. The first-order valence-corrected chi connectivity index (χ1v) is 5.01. The molecule has 0 aliphatic carbocycles. The summed E-state index contributed by atoms with van der Waals surface area (Å²) in [5.74, 6) is 0. The van der Waals surface area contributed by atoms with Crippen LogP contribution in [0.4, 0.5) is 0 Å². The lowest BCUT2D eigenvalue weighted by Gasteiger charge is -2.20. The molecule has 0 aliphatic rings. The summed E-state index contributed by atoms with van der Waals surface area (Å²) in [6.45, 7) is 2.94. The maximum Gasteiger partial charge on any atom is 0.177 e. The second kappa shape index (κ2) is 4.72. The maximum absolute atomic E-state index is 9.08. The molecule has 5 heteroatoms. The number of likely N-dealkylation sites (N-methyl/N-ethyl adjacent to an activating group) is 1. The van der Waals surface area contributed by atoms with E-state index < -0.39 is 0 Å². The van der Waals surface area contributed by atoms with Crippen molar-refractivity contribution in [2.75, 3.05) is 14.1 Å². The second-order valence-corrected chi connectivity index (χ2v) is 4.05. The van der Waals surface area contributed by atoms with E-state index in [0.29, 0.717) is 10.8 Å². The van der Waals surface area contributed by atoms with Gasteiger partial charge in [0.15, 0.2) is 4.77 Å². The molecule has 0 amide bonds. The topological polar surface area (TPSA) is 44.2 Å². The molecule has 1 unspecified atom stereocenters. The molecule has 1 aromatic heterocycles. The molecule has 1 rings (SSSR count). The van der Waals surface area contributed by atoms with Crippen LogP contribution in [-0.2, 0) is 13.2 Å². The van der Waals surface area contributed by atoms with Crippen molar-refractivity contribution in [2.45, 2.75) is 26.1 Å². The van der Waals surface area contributed by atoms with Gasteiger partial charge in [-0.05, 0) is 33.2 Å². The van der Waals surface area contributed by atoms with Gasteiger partial charge in [-0.25, -0.2) is 0 Å². The fourth-order valence-corrected chi connectivity index (χ4v) is 1.44. The average molecular weight is 215 g/mol. The van der Waals surface area contributed by atoms with E-state index in [9.17, 15) is 0 Å². The highest BCUT2D eigenvalue weighted by atomic mass is 32.1. The number of rotatable bonds is 4. The first-order valence-electron chi connectivity index (χ1n) is 4.60. The third-order valence-corrected chi connectivity index (χ3v) is 2.78. The summed E-state index contributed by atoms with van der Waals surface area (Å²) in [5.41, 5.74) is 0.837. The monoisotopic (exact) mass is 215 g/mol. The fourth-order valence-electron chi connectivity index (χ4n) is 1.19. The maximum atomic E-state index is 9.08. The normalized spacial score (nSPS) is 13.5. The van der Waals surface area contributed by atoms with Gasteiger partial charge in [-0.3, -0.25) is 0 Å². The van der Waals surface area contributed by atoms with Crippen LogP contribution in [0.25, 0.3) is 0 Å². The van der Waals surface area contributed by atoms with E-state index in [-0.39, 0.29) is 6.61 Å². The van der Waals surface area contributed by atoms with Crippen LogP contribution in [0.15, 0.2) is 6.20 Å². The first-order chi connectivity index (χ1) is 6.56. The van der Waals surface area contributed by atoms with Gasteiger partial charge in [-0.2, -0.15) is 0 Å². The summed E-state index contributed by atoms with van der Waals surface area (Å²) >= 11 is 5.12. The van der Waals surface area contributed by atoms with Gasteiger partial charge in [0.1, 0.15) is 0 Å². The van der Waals surface area contributed by atoms with Crippen LogP contribution in [0.5, 0.6) is 0 Å². The highest BCUT2D eigenvalue weighted by Gasteiger charge is 2.09. The average Bonchev–Trinajstić information content (AvgIpc) is 2.47. The Labute approximate surface area is 89.2 Å². The zero-order valence-corrected chi connectivity index (χ0v) is 9.64. The Morgan fingerprint density at radius 3 is 2.79 bits per heavy atom. The van der Waals surface area contributed by atoms with Crippen molar-refractivity contribution in [3.8, 4) is 0 Å². The van der Waals surface area contributed by atoms with Crippen molar-refractivity contribution < 1.29 is 5.11 Å². The number of nitrogens with zero attached hydrogens (tertiary/aromatic N) is 2. The molecule has 0 saturated heterocycles. The number of nitrogens with one attached hydrogen (secondary N) is 1. The molecule has 1 atom stereocenters. The number of aliphatic hydroxyl groups excluding tert-OH is 1. The Hall–Kier alpha value is -0.650. The third kappa shape index (κ3) is 2.43. The third-order valence-electron chi connectivity index (χ3n) is 2.44. The standard InChI is InChI=1S/C9H17N3OS/c1-7(11(2)3)5-12-8(6-13)4-10-9(12)14/h4,7,13H,5-6H2,1-3H3,(H,10,14). The molecule has 14 heavy (non-hydrogen) atoms.